The standard InChI is InChI=1S/C16H15BrINO/c17-11-6-7-14(18)13(9-11)16(20)12-5-1-3-10-4-2-8-19-15(10)12/h2,4,6-9,12,16,20H,1,3,5H2. The number of halogens is 2. The van der Waals surface area contributed by atoms with Gasteiger partial charge in [-0.1, -0.05) is 22.0 Å². The molecule has 0 saturated heterocycles. The first kappa shape index (κ1) is 14.5. The Morgan fingerprint density at radius 3 is 3.05 bits per heavy atom. The van der Waals surface area contributed by atoms with Crippen LogP contribution in [0.1, 0.15) is 41.7 Å². The van der Waals surface area contributed by atoms with E-state index < -0.39 is 6.10 Å². The first-order valence-electron chi connectivity index (χ1n) is 6.73. The maximum atomic E-state index is 10.8. The van der Waals surface area contributed by atoms with Crippen molar-refractivity contribution in [3.63, 3.8) is 0 Å². The molecular formula is C16H15BrINO. The highest BCUT2D eigenvalue weighted by atomic mass is 127. The smallest absolute Gasteiger partial charge is 0.0884 e. The summed E-state index contributed by atoms with van der Waals surface area (Å²) in [6.45, 7) is 0. The van der Waals surface area contributed by atoms with Crippen molar-refractivity contribution in [1.82, 2.24) is 4.98 Å². The van der Waals surface area contributed by atoms with Gasteiger partial charge in [-0.05, 0) is 77.2 Å². The van der Waals surface area contributed by atoms with Gasteiger partial charge in [-0.25, -0.2) is 0 Å². The minimum absolute atomic E-state index is 0.0998. The number of rotatable bonds is 2. The van der Waals surface area contributed by atoms with Crippen molar-refractivity contribution in [2.75, 3.05) is 0 Å². The number of aryl methyl sites for hydroxylation is 1. The molecule has 2 aromatic rings. The molecule has 2 atom stereocenters. The van der Waals surface area contributed by atoms with Gasteiger partial charge in [0.2, 0.25) is 0 Å². The lowest BCUT2D eigenvalue weighted by molar-refractivity contribution is 0.133. The molecule has 1 aromatic carbocycles. The Balaban J connectivity index is 1.99. The van der Waals surface area contributed by atoms with Crippen LogP contribution in [0.3, 0.4) is 0 Å². The van der Waals surface area contributed by atoms with Gasteiger partial charge < -0.3 is 5.11 Å². The predicted molar refractivity (Wildman–Crippen MR) is 91.7 cm³/mol. The van der Waals surface area contributed by atoms with Crippen molar-refractivity contribution in [3.8, 4) is 0 Å². The quantitative estimate of drug-likeness (QED) is 0.688. The Labute approximate surface area is 140 Å². The third-order valence-electron chi connectivity index (χ3n) is 3.90. The van der Waals surface area contributed by atoms with Crippen LogP contribution in [-0.2, 0) is 6.42 Å². The SMILES string of the molecule is OC(c1cc(Br)ccc1I)C1CCCc2cccnc21. The Kier molecular flexibility index (Phi) is 4.43. The number of aliphatic hydroxyl groups is 1. The van der Waals surface area contributed by atoms with E-state index in [-0.39, 0.29) is 5.92 Å². The Hall–Kier alpha value is -0.460. The molecular weight excluding hydrogens is 429 g/mol. The van der Waals surface area contributed by atoms with Crippen molar-refractivity contribution < 1.29 is 5.11 Å². The second-order valence-electron chi connectivity index (χ2n) is 5.16. The van der Waals surface area contributed by atoms with Gasteiger partial charge in [0.25, 0.3) is 0 Å². The average Bonchev–Trinajstić information content (AvgIpc) is 2.48. The monoisotopic (exact) mass is 443 g/mol. The molecule has 2 unspecified atom stereocenters. The van der Waals surface area contributed by atoms with Gasteiger partial charge in [-0.15, -0.1) is 0 Å². The lowest BCUT2D eigenvalue weighted by atomic mass is 9.81. The summed E-state index contributed by atoms with van der Waals surface area (Å²) in [5.74, 6) is 0.0998. The van der Waals surface area contributed by atoms with E-state index in [1.165, 1.54) is 5.56 Å². The first-order chi connectivity index (χ1) is 9.66. The van der Waals surface area contributed by atoms with Crippen molar-refractivity contribution in [3.05, 3.63) is 61.4 Å². The highest BCUT2D eigenvalue weighted by molar-refractivity contribution is 14.1. The van der Waals surface area contributed by atoms with E-state index in [1.807, 2.05) is 30.5 Å². The predicted octanol–water partition coefficient (Wildman–Crippen LogP) is 4.60. The van der Waals surface area contributed by atoms with Crippen LogP contribution >= 0.6 is 38.5 Å². The topological polar surface area (TPSA) is 33.1 Å². The molecule has 1 aromatic heterocycles. The second-order valence-corrected chi connectivity index (χ2v) is 7.24. The summed E-state index contributed by atoms with van der Waals surface area (Å²) in [6.07, 6.45) is 4.52. The Morgan fingerprint density at radius 2 is 2.20 bits per heavy atom. The largest absolute Gasteiger partial charge is 0.388 e. The fourth-order valence-electron chi connectivity index (χ4n) is 2.91. The normalized spacial score (nSPS) is 19.4. The summed E-state index contributed by atoms with van der Waals surface area (Å²) in [6, 6.07) is 10.2. The molecule has 0 fully saturated rings. The summed E-state index contributed by atoms with van der Waals surface area (Å²) in [5.41, 5.74) is 3.35. The molecule has 0 radical (unpaired) electrons. The molecule has 104 valence electrons. The molecule has 1 aliphatic rings. The minimum atomic E-state index is -0.492. The molecule has 0 spiro atoms. The van der Waals surface area contributed by atoms with Gasteiger partial charge in [-0.3, -0.25) is 4.98 Å². The number of nitrogens with zero attached hydrogens (tertiary/aromatic N) is 1. The third-order valence-corrected chi connectivity index (χ3v) is 5.37. The fraction of sp³-hybridized carbons (Fsp3) is 0.312. The van der Waals surface area contributed by atoms with Crippen LogP contribution in [0.5, 0.6) is 0 Å². The lowest BCUT2D eigenvalue weighted by Crippen LogP contribution is -2.19. The molecule has 2 nitrogen and oxygen atoms in total. The molecule has 1 aliphatic carbocycles. The van der Waals surface area contributed by atoms with Gasteiger partial charge in [-0.2, -0.15) is 0 Å². The summed E-state index contributed by atoms with van der Waals surface area (Å²) in [5, 5.41) is 10.8. The number of hydrogen-bond donors (Lipinski definition) is 1. The summed E-state index contributed by atoms with van der Waals surface area (Å²) < 4.78 is 2.10. The third kappa shape index (κ3) is 2.78. The lowest BCUT2D eigenvalue weighted by Gasteiger charge is -2.29. The number of fused-ring (bicyclic) bond motifs is 1. The van der Waals surface area contributed by atoms with Crippen molar-refractivity contribution >= 4 is 38.5 Å². The zero-order valence-electron chi connectivity index (χ0n) is 10.9. The maximum absolute atomic E-state index is 10.8. The minimum Gasteiger partial charge on any atom is -0.388 e. The van der Waals surface area contributed by atoms with Gasteiger partial charge >= 0.3 is 0 Å². The van der Waals surface area contributed by atoms with E-state index in [1.54, 1.807) is 0 Å². The van der Waals surface area contributed by atoms with Crippen LogP contribution in [0.25, 0.3) is 0 Å². The molecule has 20 heavy (non-hydrogen) atoms. The highest BCUT2D eigenvalue weighted by Gasteiger charge is 2.29. The molecule has 1 N–H and O–H groups in total. The Morgan fingerprint density at radius 1 is 1.35 bits per heavy atom. The van der Waals surface area contributed by atoms with Crippen molar-refractivity contribution in [1.29, 1.82) is 0 Å². The fourth-order valence-corrected chi connectivity index (χ4v) is 3.94. The van der Waals surface area contributed by atoms with Gasteiger partial charge in [0.05, 0.1) is 6.10 Å². The van der Waals surface area contributed by atoms with E-state index in [4.69, 9.17) is 0 Å². The number of benzene rings is 1. The van der Waals surface area contributed by atoms with Crippen LogP contribution < -0.4 is 0 Å². The van der Waals surface area contributed by atoms with Crippen LogP contribution in [0, 0.1) is 3.57 Å². The van der Waals surface area contributed by atoms with E-state index in [0.717, 1.165) is 38.6 Å². The maximum Gasteiger partial charge on any atom is 0.0884 e. The van der Waals surface area contributed by atoms with Crippen LogP contribution in [0.2, 0.25) is 0 Å². The van der Waals surface area contributed by atoms with Gasteiger partial charge in [0.1, 0.15) is 0 Å². The summed E-state index contributed by atoms with van der Waals surface area (Å²) in [7, 11) is 0. The van der Waals surface area contributed by atoms with E-state index in [9.17, 15) is 5.11 Å². The number of hydrogen-bond acceptors (Lipinski definition) is 2. The number of pyridine rings is 1. The molecule has 4 heteroatoms. The Bertz CT molecular complexity index is 632. The zero-order chi connectivity index (χ0) is 14.1. The van der Waals surface area contributed by atoms with Crippen LogP contribution in [0.15, 0.2) is 41.0 Å². The van der Waals surface area contributed by atoms with Crippen molar-refractivity contribution in [2.45, 2.75) is 31.3 Å². The summed E-state index contributed by atoms with van der Waals surface area (Å²) in [4.78, 5) is 4.53. The first-order valence-corrected chi connectivity index (χ1v) is 8.61. The van der Waals surface area contributed by atoms with E-state index in [2.05, 4.69) is 49.6 Å². The molecule has 0 saturated carbocycles. The average molecular weight is 444 g/mol. The summed E-state index contributed by atoms with van der Waals surface area (Å²) >= 11 is 5.78. The molecule has 1 heterocycles. The second kappa shape index (κ2) is 6.12. The molecule has 0 amide bonds. The zero-order valence-corrected chi connectivity index (χ0v) is 14.6. The molecule has 0 aliphatic heterocycles. The number of aliphatic hydroxyl groups excluding tert-OH is 1. The highest BCUT2D eigenvalue weighted by Crippen LogP contribution is 2.40. The molecule has 3 rings (SSSR count). The molecule has 0 bridgehead atoms. The van der Waals surface area contributed by atoms with E-state index >= 15 is 0 Å². The van der Waals surface area contributed by atoms with Crippen LogP contribution in [-0.4, -0.2) is 10.1 Å². The number of aromatic nitrogens is 1. The van der Waals surface area contributed by atoms with Gasteiger partial charge in [0.15, 0.2) is 0 Å². The van der Waals surface area contributed by atoms with Gasteiger partial charge in [0, 0.05) is 25.9 Å². The van der Waals surface area contributed by atoms with E-state index in [0.29, 0.717) is 0 Å². The van der Waals surface area contributed by atoms with Crippen LogP contribution in [0.4, 0.5) is 0 Å². The van der Waals surface area contributed by atoms with Crippen molar-refractivity contribution in [2.24, 2.45) is 0 Å².